The summed E-state index contributed by atoms with van der Waals surface area (Å²) in [5.41, 5.74) is 8.35. The lowest BCUT2D eigenvalue weighted by molar-refractivity contribution is 0.458. The maximum atomic E-state index is 6.12. The molecule has 0 amide bonds. The molecule has 0 radical (unpaired) electrons. The molecule has 1 atom stereocenters. The van der Waals surface area contributed by atoms with Crippen LogP contribution in [0.3, 0.4) is 0 Å². The molecule has 0 fully saturated rings. The van der Waals surface area contributed by atoms with E-state index in [1.165, 1.54) is 0 Å². The van der Waals surface area contributed by atoms with Crippen LogP contribution in [-0.4, -0.2) is 9.78 Å². The first-order valence-electron chi connectivity index (χ1n) is 6.20. The second kappa shape index (κ2) is 5.59. The van der Waals surface area contributed by atoms with Crippen LogP contribution in [0.4, 0.5) is 0 Å². The van der Waals surface area contributed by atoms with Crippen molar-refractivity contribution in [1.82, 2.24) is 9.78 Å². The number of nitrogens with zero attached hydrogens (tertiary/aromatic N) is 2. The fourth-order valence-corrected chi connectivity index (χ4v) is 2.13. The van der Waals surface area contributed by atoms with Crippen molar-refractivity contribution in [3.8, 4) is 0 Å². The molecule has 2 N–H and O–H groups in total. The van der Waals surface area contributed by atoms with Crippen molar-refractivity contribution in [2.45, 2.75) is 39.3 Å². The molecule has 98 valence electrons. The van der Waals surface area contributed by atoms with E-state index in [4.69, 9.17) is 21.8 Å². The Balaban J connectivity index is 2.15. The zero-order valence-corrected chi connectivity index (χ0v) is 11.4. The van der Waals surface area contributed by atoms with E-state index in [2.05, 4.69) is 25.0 Å². The first-order chi connectivity index (χ1) is 8.63. The number of aryl methyl sites for hydroxylation is 2. The molecule has 0 aliphatic carbocycles. The molecule has 2 aromatic rings. The molecule has 2 aromatic heterocycles. The van der Waals surface area contributed by atoms with Crippen molar-refractivity contribution >= 4 is 11.6 Å². The molecule has 0 aliphatic rings. The Hall–Kier alpha value is -1.26. The van der Waals surface area contributed by atoms with Gasteiger partial charge in [0.1, 0.15) is 5.76 Å². The van der Waals surface area contributed by atoms with E-state index in [9.17, 15) is 0 Å². The zero-order valence-electron chi connectivity index (χ0n) is 10.7. The van der Waals surface area contributed by atoms with Gasteiger partial charge in [-0.3, -0.25) is 4.68 Å². The van der Waals surface area contributed by atoms with Gasteiger partial charge >= 0.3 is 0 Å². The first kappa shape index (κ1) is 13.2. The molecule has 18 heavy (non-hydrogen) atoms. The predicted molar refractivity (Wildman–Crippen MR) is 71.6 cm³/mol. The molecule has 0 spiro atoms. The number of nitrogens with two attached hydrogens (primary N) is 1. The Labute approximate surface area is 112 Å². The average Bonchev–Trinajstić information content (AvgIpc) is 2.95. The van der Waals surface area contributed by atoms with Gasteiger partial charge < -0.3 is 10.2 Å². The van der Waals surface area contributed by atoms with Gasteiger partial charge in [0.25, 0.3) is 0 Å². The minimum absolute atomic E-state index is 0.191. The highest BCUT2D eigenvalue weighted by Gasteiger charge is 2.15. The zero-order chi connectivity index (χ0) is 13.1. The number of aromatic nitrogens is 2. The van der Waals surface area contributed by atoms with Crippen LogP contribution in [0.2, 0.25) is 5.22 Å². The van der Waals surface area contributed by atoms with E-state index in [-0.39, 0.29) is 6.04 Å². The van der Waals surface area contributed by atoms with Crippen LogP contribution in [0, 0.1) is 0 Å². The van der Waals surface area contributed by atoms with Crippen LogP contribution in [0.5, 0.6) is 0 Å². The van der Waals surface area contributed by atoms with Gasteiger partial charge in [0, 0.05) is 18.7 Å². The second-order valence-electron chi connectivity index (χ2n) is 4.25. The van der Waals surface area contributed by atoms with Crippen molar-refractivity contribution < 1.29 is 4.42 Å². The first-order valence-corrected chi connectivity index (χ1v) is 6.58. The number of rotatable bonds is 5. The lowest BCUT2D eigenvalue weighted by atomic mass is 10.1. The van der Waals surface area contributed by atoms with Gasteiger partial charge in [-0.25, -0.2) is 0 Å². The Morgan fingerprint density at radius 2 is 2.22 bits per heavy atom. The lowest BCUT2D eigenvalue weighted by Crippen LogP contribution is -2.15. The fourth-order valence-electron chi connectivity index (χ4n) is 1.98. The average molecular weight is 268 g/mol. The van der Waals surface area contributed by atoms with E-state index in [0.717, 1.165) is 24.4 Å². The van der Waals surface area contributed by atoms with Crippen LogP contribution in [0.1, 0.15) is 37.0 Å². The molecule has 5 heteroatoms. The number of halogens is 1. The highest BCUT2D eigenvalue weighted by Crippen LogP contribution is 2.21. The van der Waals surface area contributed by atoms with Crippen LogP contribution in [0.15, 0.2) is 22.6 Å². The molecule has 0 saturated carbocycles. The quantitative estimate of drug-likeness (QED) is 0.906. The molecule has 0 saturated heterocycles. The summed E-state index contributed by atoms with van der Waals surface area (Å²) in [4.78, 5) is 0. The molecule has 4 nitrogen and oxygen atoms in total. The van der Waals surface area contributed by atoms with Crippen LogP contribution < -0.4 is 5.73 Å². The van der Waals surface area contributed by atoms with Gasteiger partial charge in [-0.2, -0.15) is 5.10 Å². The van der Waals surface area contributed by atoms with Crippen LogP contribution >= 0.6 is 11.6 Å². The number of hydrogen-bond donors (Lipinski definition) is 1. The van der Waals surface area contributed by atoms with Gasteiger partial charge in [0.05, 0.1) is 11.7 Å². The minimum Gasteiger partial charge on any atom is -0.448 e. The number of furan rings is 1. The molecule has 2 heterocycles. The molecular formula is C13H18ClN3O. The summed E-state index contributed by atoms with van der Waals surface area (Å²) >= 11 is 5.75. The second-order valence-corrected chi connectivity index (χ2v) is 4.62. The van der Waals surface area contributed by atoms with Crippen molar-refractivity contribution in [2.75, 3.05) is 0 Å². The van der Waals surface area contributed by atoms with Gasteiger partial charge in [-0.1, -0.05) is 6.92 Å². The van der Waals surface area contributed by atoms with Gasteiger partial charge in [-0.15, -0.1) is 0 Å². The summed E-state index contributed by atoms with van der Waals surface area (Å²) in [7, 11) is 0. The summed E-state index contributed by atoms with van der Waals surface area (Å²) in [5.74, 6) is 0.710. The Morgan fingerprint density at radius 3 is 2.78 bits per heavy atom. The molecule has 1 unspecified atom stereocenters. The topological polar surface area (TPSA) is 57.0 Å². The third kappa shape index (κ3) is 2.76. The SMILES string of the molecule is CCc1cc(CC(N)c2ccc(Cl)o2)n(CC)n1. The maximum Gasteiger partial charge on any atom is 0.193 e. The van der Waals surface area contributed by atoms with Gasteiger partial charge in [0.2, 0.25) is 0 Å². The summed E-state index contributed by atoms with van der Waals surface area (Å²) in [6.45, 7) is 5.02. The fraction of sp³-hybridized carbons (Fsp3) is 0.462. The van der Waals surface area contributed by atoms with E-state index in [0.29, 0.717) is 17.4 Å². The maximum absolute atomic E-state index is 6.12. The summed E-state index contributed by atoms with van der Waals surface area (Å²) < 4.78 is 7.32. The van der Waals surface area contributed by atoms with E-state index >= 15 is 0 Å². The largest absolute Gasteiger partial charge is 0.448 e. The van der Waals surface area contributed by atoms with E-state index in [1.54, 1.807) is 6.07 Å². The molecule has 0 aliphatic heterocycles. The Morgan fingerprint density at radius 1 is 1.44 bits per heavy atom. The standard InChI is InChI=1S/C13H18ClN3O/c1-3-9-7-10(17(4-2)16-9)8-11(15)12-5-6-13(14)18-12/h5-7,11H,3-4,8,15H2,1-2H3. The van der Waals surface area contributed by atoms with E-state index < -0.39 is 0 Å². The number of hydrogen-bond acceptors (Lipinski definition) is 3. The van der Waals surface area contributed by atoms with E-state index in [1.807, 2.05) is 10.7 Å². The van der Waals surface area contributed by atoms with Crippen molar-refractivity contribution in [1.29, 1.82) is 0 Å². The summed E-state index contributed by atoms with van der Waals surface area (Å²) in [5, 5.41) is 4.88. The van der Waals surface area contributed by atoms with Crippen molar-refractivity contribution in [3.63, 3.8) is 0 Å². The van der Waals surface area contributed by atoms with Crippen LogP contribution in [0.25, 0.3) is 0 Å². The molecular weight excluding hydrogens is 250 g/mol. The normalized spacial score (nSPS) is 12.9. The highest BCUT2D eigenvalue weighted by molar-refractivity contribution is 6.28. The minimum atomic E-state index is -0.191. The highest BCUT2D eigenvalue weighted by atomic mass is 35.5. The predicted octanol–water partition coefficient (Wildman–Crippen LogP) is 2.95. The van der Waals surface area contributed by atoms with Crippen molar-refractivity contribution in [2.24, 2.45) is 5.73 Å². The lowest BCUT2D eigenvalue weighted by Gasteiger charge is -2.09. The van der Waals surface area contributed by atoms with Crippen molar-refractivity contribution in [3.05, 3.63) is 40.6 Å². The third-order valence-electron chi connectivity index (χ3n) is 2.96. The summed E-state index contributed by atoms with van der Waals surface area (Å²) in [6.07, 6.45) is 1.63. The Bertz CT molecular complexity index is 518. The molecule has 0 aromatic carbocycles. The molecule has 2 rings (SSSR count). The van der Waals surface area contributed by atoms with Gasteiger partial charge in [-0.05, 0) is 43.1 Å². The Kier molecular flexibility index (Phi) is 4.09. The molecule has 0 bridgehead atoms. The summed E-state index contributed by atoms with van der Waals surface area (Å²) in [6, 6.07) is 5.45. The monoisotopic (exact) mass is 267 g/mol. The van der Waals surface area contributed by atoms with Gasteiger partial charge in [0.15, 0.2) is 5.22 Å². The van der Waals surface area contributed by atoms with Crippen LogP contribution in [-0.2, 0) is 19.4 Å². The smallest absolute Gasteiger partial charge is 0.193 e. The third-order valence-corrected chi connectivity index (χ3v) is 3.17.